The Bertz CT molecular complexity index is 301. The van der Waals surface area contributed by atoms with Gasteiger partial charge in [0.05, 0.1) is 25.7 Å². The summed E-state index contributed by atoms with van der Waals surface area (Å²) in [6.45, 7) is 0. The van der Waals surface area contributed by atoms with E-state index in [1.807, 2.05) is 0 Å². The summed E-state index contributed by atoms with van der Waals surface area (Å²) in [7, 11) is 0. The van der Waals surface area contributed by atoms with Gasteiger partial charge in [0, 0.05) is 12.1 Å². The summed E-state index contributed by atoms with van der Waals surface area (Å²) in [4.78, 5) is 42.2. The van der Waals surface area contributed by atoms with Crippen LogP contribution in [0.3, 0.4) is 0 Å². The highest BCUT2D eigenvalue weighted by Gasteiger charge is 2.24. The first-order chi connectivity index (χ1) is 8.70. The van der Waals surface area contributed by atoms with E-state index in [0.717, 1.165) is 0 Å². The number of nitrogens with one attached hydrogen (secondary N) is 1. The lowest BCUT2D eigenvalue weighted by atomic mass is 10.1. The Labute approximate surface area is 107 Å². The molecule has 0 aliphatic carbocycles. The van der Waals surface area contributed by atoms with Crippen molar-refractivity contribution in [2.24, 2.45) is 0 Å². The second kappa shape index (κ2) is 8.03. The number of aliphatic carboxylic acids is 4. The molecule has 0 saturated carbocycles. The van der Waals surface area contributed by atoms with Crippen LogP contribution in [0.15, 0.2) is 0 Å². The van der Waals surface area contributed by atoms with Crippen LogP contribution < -0.4 is 5.32 Å². The summed E-state index contributed by atoms with van der Waals surface area (Å²) in [5.74, 6) is -5.04. The predicted molar refractivity (Wildman–Crippen MR) is 59.7 cm³/mol. The first-order valence-electron chi connectivity index (χ1n) is 5.34. The molecule has 0 rings (SSSR count). The van der Waals surface area contributed by atoms with Gasteiger partial charge in [0.25, 0.3) is 0 Å². The van der Waals surface area contributed by atoms with Gasteiger partial charge in [-0.1, -0.05) is 0 Å². The van der Waals surface area contributed by atoms with Crippen molar-refractivity contribution in [2.45, 2.75) is 37.8 Å². The van der Waals surface area contributed by atoms with Crippen molar-refractivity contribution in [2.75, 3.05) is 0 Å². The molecule has 5 N–H and O–H groups in total. The first kappa shape index (κ1) is 16.8. The van der Waals surface area contributed by atoms with Crippen LogP contribution in [0.5, 0.6) is 0 Å². The Morgan fingerprint density at radius 3 is 1.00 bits per heavy atom. The van der Waals surface area contributed by atoms with Crippen molar-refractivity contribution < 1.29 is 39.6 Å². The minimum Gasteiger partial charge on any atom is -0.481 e. The molecule has 108 valence electrons. The maximum absolute atomic E-state index is 10.6. The van der Waals surface area contributed by atoms with Crippen molar-refractivity contribution in [3.63, 3.8) is 0 Å². The number of carbonyl (C=O) groups is 4. The van der Waals surface area contributed by atoms with Crippen molar-refractivity contribution >= 4 is 23.9 Å². The monoisotopic (exact) mass is 277 g/mol. The molecule has 0 aromatic carbocycles. The standard InChI is InChI=1S/C10H15NO8/c12-7(13)1-5(2-8(14)15)11-6(3-9(16)17)4-10(18)19/h5-6,11H,1-4H2,(H,12,13)(H,14,15)(H,16,17)(H,18,19). The van der Waals surface area contributed by atoms with Gasteiger partial charge < -0.3 is 25.7 Å². The fraction of sp³-hybridized carbons (Fsp3) is 0.600. The fourth-order valence-corrected chi connectivity index (χ4v) is 1.56. The number of rotatable bonds is 10. The van der Waals surface area contributed by atoms with Crippen LogP contribution >= 0.6 is 0 Å². The van der Waals surface area contributed by atoms with Gasteiger partial charge in [0.1, 0.15) is 0 Å². The zero-order valence-corrected chi connectivity index (χ0v) is 9.90. The second-order valence-corrected chi connectivity index (χ2v) is 3.95. The van der Waals surface area contributed by atoms with E-state index in [4.69, 9.17) is 20.4 Å². The smallest absolute Gasteiger partial charge is 0.304 e. The van der Waals surface area contributed by atoms with E-state index < -0.39 is 61.6 Å². The molecular formula is C10H15NO8. The fourth-order valence-electron chi connectivity index (χ4n) is 1.56. The third-order valence-corrected chi connectivity index (χ3v) is 2.16. The molecule has 0 amide bonds. The summed E-state index contributed by atoms with van der Waals surface area (Å²) in [6.07, 6.45) is -2.16. The molecule has 0 aliphatic heterocycles. The third-order valence-electron chi connectivity index (χ3n) is 2.16. The van der Waals surface area contributed by atoms with Crippen LogP contribution in [0, 0.1) is 0 Å². The van der Waals surface area contributed by atoms with Crippen molar-refractivity contribution in [3.8, 4) is 0 Å². The molecule has 0 radical (unpaired) electrons. The molecule has 9 heteroatoms. The Hall–Kier alpha value is -2.16. The van der Waals surface area contributed by atoms with Crippen molar-refractivity contribution in [1.82, 2.24) is 5.32 Å². The van der Waals surface area contributed by atoms with Gasteiger partial charge in [-0.25, -0.2) is 0 Å². The highest BCUT2D eigenvalue weighted by atomic mass is 16.4. The molecule has 0 aromatic rings. The SMILES string of the molecule is O=C(O)CC(CC(=O)O)NC(CC(=O)O)CC(=O)O. The molecule has 0 spiro atoms. The second-order valence-electron chi connectivity index (χ2n) is 3.95. The molecule has 0 aromatic heterocycles. The summed E-state index contributed by atoms with van der Waals surface area (Å²) in [5, 5.41) is 36.9. The molecule has 0 unspecified atom stereocenters. The predicted octanol–water partition coefficient (Wildman–Crippen LogP) is -0.788. The Morgan fingerprint density at radius 2 is 0.842 bits per heavy atom. The van der Waals surface area contributed by atoms with E-state index in [1.54, 1.807) is 0 Å². The Kier molecular flexibility index (Phi) is 7.12. The molecule has 0 saturated heterocycles. The van der Waals surface area contributed by atoms with Gasteiger partial charge in [-0.2, -0.15) is 0 Å². The van der Waals surface area contributed by atoms with Crippen LogP contribution in [0.4, 0.5) is 0 Å². The Balaban J connectivity index is 4.68. The largest absolute Gasteiger partial charge is 0.481 e. The maximum Gasteiger partial charge on any atom is 0.304 e. The van der Waals surface area contributed by atoms with Crippen molar-refractivity contribution in [3.05, 3.63) is 0 Å². The summed E-state index contributed by atoms with van der Waals surface area (Å²) >= 11 is 0. The van der Waals surface area contributed by atoms with E-state index in [1.165, 1.54) is 0 Å². The van der Waals surface area contributed by atoms with Gasteiger partial charge in [0.2, 0.25) is 0 Å². The Morgan fingerprint density at radius 1 is 0.632 bits per heavy atom. The van der Waals surface area contributed by atoms with Gasteiger partial charge >= 0.3 is 23.9 Å². The van der Waals surface area contributed by atoms with Crippen molar-refractivity contribution in [1.29, 1.82) is 0 Å². The lowest BCUT2D eigenvalue weighted by Crippen LogP contribution is -2.43. The van der Waals surface area contributed by atoms with E-state index >= 15 is 0 Å². The highest BCUT2D eigenvalue weighted by molar-refractivity contribution is 5.73. The topological polar surface area (TPSA) is 161 Å². The summed E-state index contributed by atoms with van der Waals surface area (Å²) in [5.41, 5.74) is 0. The highest BCUT2D eigenvalue weighted by Crippen LogP contribution is 2.06. The molecule has 0 atom stereocenters. The maximum atomic E-state index is 10.6. The van der Waals surface area contributed by atoms with Gasteiger partial charge in [-0.05, 0) is 0 Å². The third kappa shape index (κ3) is 9.53. The first-order valence-corrected chi connectivity index (χ1v) is 5.34. The van der Waals surface area contributed by atoms with Crippen LogP contribution in [0.1, 0.15) is 25.7 Å². The number of carboxylic acid groups (broad SMARTS) is 4. The molecular weight excluding hydrogens is 262 g/mol. The van der Waals surface area contributed by atoms with E-state index in [-0.39, 0.29) is 0 Å². The number of carboxylic acids is 4. The summed E-state index contributed by atoms with van der Waals surface area (Å²) in [6, 6.07) is -2.06. The van der Waals surface area contributed by atoms with Crippen LogP contribution in [-0.4, -0.2) is 56.4 Å². The average molecular weight is 277 g/mol. The normalized spacial score (nSPS) is 10.6. The zero-order chi connectivity index (χ0) is 15.0. The van der Waals surface area contributed by atoms with Crippen LogP contribution in [0.2, 0.25) is 0 Å². The van der Waals surface area contributed by atoms with Gasteiger partial charge in [0.15, 0.2) is 0 Å². The summed E-state index contributed by atoms with van der Waals surface area (Å²) < 4.78 is 0. The molecule has 9 nitrogen and oxygen atoms in total. The van der Waals surface area contributed by atoms with E-state index in [9.17, 15) is 19.2 Å². The minimum atomic E-state index is -1.26. The minimum absolute atomic E-state index is 0.540. The van der Waals surface area contributed by atoms with Gasteiger partial charge in [-0.15, -0.1) is 0 Å². The molecule has 0 bridgehead atoms. The molecule has 19 heavy (non-hydrogen) atoms. The number of hydrogen-bond acceptors (Lipinski definition) is 5. The number of hydrogen-bond donors (Lipinski definition) is 5. The van der Waals surface area contributed by atoms with Crippen LogP contribution in [-0.2, 0) is 19.2 Å². The lowest BCUT2D eigenvalue weighted by Gasteiger charge is -2.21. The van der Waals surface area contributed by atoms with Gasteiger partial charge in [-0.3, -0.25) is 19.2 Å². The average Bonchev–Trinajstić information content (AvgIpc) is 2.11. The quantitative estimate of drug-likeness (QED) is 0.344. The van der Waals surface area contributed by atoms with Crippen LogP contribution in [0.25, 0.3) is 0 Å². The molecule has 0 fully saturated rings. The van der Waals surface area contributed by atoms with E-state index in [0.29, 0.717) is 0 Å². The van der Waals surface area contributed by atoms with E-state index in [2.05, 4.69) is 5.32 Å². The molecule has 0 aliphatic rings. The molecule has 0 heterocycles. The lowest BCUT2D eigenvalue weighted by molar-refractivity contribution is -0.140. The zero-order valence-electron chi connectivity index (χ0n) is 9.90.